The van der Waals surface area contributed by atoms with E-state index in [2.05, 4.69) is 4.84 Å². The summed E-state index contributed by atoms with van der Waals surface area (Å²) >= 11 is 0. The Morgan fingerprint density at radius 3 is 2.55 bits per heavy atom. The minimum absolute atomic E-state index is 0.0276. The normalized spacial score (nSPS) is 15.4. The van der Waals surface area contributed by atoms with E-state index in [0.29, 0.717) is 39.1 Å². The predicted molar refractivity (Wildman–Crippen MR) is 114 cm³/mol. The van der Waals surface area contributed by atoms with E-state index in [-0.39, 0.29) is 23.3 Å². The summed E-state index contributed by atoms with van der Waals surface area (Å²) in [5.41, 5.74) is 2.11. The van der Waals surface area contributed by atoms with Gasteiger partial charge in [0.2, 0.25) is 0 Å². The Balaban J connectivity index is 1.85. The molecule has 0 radical (unpaired) electrons. The van der Waals surface area contributed by atoms with Gasteiger partial charge >= 0.3 is 12.1 Å². The number of anilines is 1. The van der Waals surface area contributed by atoms with E-state index in [1.54, 1.807) is 17.6 Å². The van der Waals surface area contributed by atoms with Gasteiger partial charge in [-0.25, -0.2) is 4.39 Å². The highest BCUT2D eigenvalue weighted by atomic mass is 19.4. The predicted octanol–water partition coefficient (Wildman–Crippen LogP) is 4.88. The minimum atomic E-state index is -4.84. The van der Waals surface area contributed by atoms with E-state index in [0.717, 1.165) is 17.8 Å². The van der Waals surface area contributed by atoms with Crippen LogP contribution in [0.3, 0.4) is 0 Å². The number of alkyl halides is 3. The first kappa shape index (κ1) is 24.8. The summed E-state index contributed by atoms with van der Waals surface area (Å²) in [6.07, 6.45) is -3.70. The van der Waals surface area contributed by atoms with Gasteiger partial charge < -0.3 is 19.6 Å². The monoisotopic (exact) mass is 470 g/mol. The van der Waals surface area contributed by atoms with E-state index >= 15 is 0 Å². The number of nitrogens with one attached hydrogen (secondary N) is 1. The first-order valence-electron chi connectivity index (χ1n) is 10.7. The van der Waals surface area contributed by atoms with Gasteiger partial charge in [-0.3, -0.25) is 4.79 Å². The zero-order chi connectivity index (χ0) is 24.0. The van der Waals surface area contributed by atoms with E-state index in [1.165, 1.54) is 12.1 Å². The van der Waals surface area contributed by atoms with Crippen molar-refractivity contribution in [2.45, 2.75) is 38.4 Å². The highest BCUT2D eigenvalue weighted by Gasteiger charge is 2.42. The van der Waals surface area contributed by atoms with Gasteiger partial charge in [-0.1, -0.05) is 25.5 Å². The van der Waals surface area contributed by atoms with E-state index in [4.69, 9.17) is 4.74 Å². The molecule has 0 aliphatic carbocycles. The van der Waals surface area contributed by atoms with Gasteiger partial charge in [-0.05, 0) is 36.2 Å². The van der Waals surface area contributed by atoms with Crippen LogP contribution >= 0.6 is 0 Å². The van der Waals surface area contributed by atoms with Crippen LogP contribution in [0, 0.1) is 5.82 Å². The second-order valence-electron chi connectivity index (χ2n) is 7.71. The maximum Gasteiger partial charge on any atom is 0.411 e. The van der Waals surface area contributed by atoms with Gasteiger partial charge in [0, 0.05) is 36.3 Å². The summed E-state index contributed by atoms with van der Waals surface area (Å²) < 4.78 is 60.9. The van der Waals surface area contributed by atoms with Crippen molar-refractivity contribution >= 4 is 11.7 Å². The first-order valence-corrected chi connectivity index (χ1v) is 10.7. The zero-order valence-electron chi connectivity index (χ0n) is 18.1. The van der Waals surface area contributed by atoms with Crippen molar-refractivity contribution in [1.82, 2.24) is 5.48 Å². The Morgan fingerprint density at radius 1 is 1.18 bits per heavy atom. The van der Waals surface area contributed by atoms with Gasteiger partial charge in [-0.2, -0.15) is 13.2 Å². The third kappa shape index (κ3) is 6.35. The number of benzene rings is 2. The third-order valence-corrected chi connectivity index (χ3v) is 5.33. The van der Waals surface area contributed by atoms with Crippen LogP contribution in [0.1, 0.15) is 37.8 Å². The zero-order valence-corrected chi connectivity index (χ0v) is 18.1. The van der Waals surface area contributed by atoms with Crippen LogP contribution in [-0.2, 0) is 14.4 Å². The summed E-state index contributed by atoms with van der Waals surface area (Å²) in [6, 6.07) is 5.28. The molecule has 1 saturated heterocycles. The summed E-state index contributed by atoms with van der Waals surface area (Å²) in [5.74, 6) is -1.97. The number of ether oxygens (including phenoxy) is 1. The van der Waals surface area contributed by atoms with Crippen LogP contribution in [-0.4, -0.2) is 43.6 Å². The lowest BCUT2D eigenvalue weighted by Gasteiger charge is -2.29. The van der Waals surface area contributed by atoms with Crippen LogP contribution in [0.25, 0.3) is 11.1 Å². The molecule has 1 fully saturated rings. The quantitative estimate of drug-likeness (QED) is 0.424. The molecule has 2 aromatic carbocycles. The van der Waals surface area contributed by atoms with Crippen LogP contribution < -0.4 is 10.4 Å². The number of hydroxylamine groups is 1. The van der Waals surface area contributed by atoms with Gasteiger partial charge in [0.15, 0.2) is 6.04 Å². The molecule has 0 bridgehead atoms. The Kier molecular flexibility index (Phi) is 8.15. The molecule has 1 aliphatic heterocycles. The first-order chi connectivity index (χ1) is 15.7. The molecule has 0 saturated carbocycles. The Hall–Kier alpha value is -2.85. The van der Waals surface area contributed by atoms with Gasteiger partial charge in [0.05, 0.1) is 13.2 Å². The molecule has 0 aromatic heterocycles. The van der Waals surface area contributed by atoms with Crippen LogP contribution in [0.15, 0.2) is 36.4 Å². The molecule has 1 heterocycles. The number of unbranched alkanes of at least 4 members (excludes halogenated alkanes) is 1. The number of phenolic OH excluding ortho intramolecular Hbond substituents is 1. The maximum absolute atomic E-state index is 15.0. The number of phenols is 1. The molecule has 33 heavy (non-hydrogen) atoms. The number of carbonyl (C=O) groups is 1. The second-order valence-corrected chi connectivity index (χ2v) is 7.71. The number of morpholine rings is 1. The smallest absolute Gasteiger partial charge is 0.411 e. The number of rotatable bonds is 8. The molecule has 0 spiro atoms. The molecule has 6 nitrogen and oxygen atoms in total. The van der Waals surface area contributed by atoms with Crippen molar-refractivity contribution in [3.8, 4) is 16.9 Å². The van der Waals surface area contributed by atoms with Crippen LogP contribution in [0.5, 0.6) is 5.75 Å². The van der Waals surface area contributed by atoms with Gasteiger partial charge in [0.1, 0.15) is 11.6 Å². The standard InChI is InChI=1S/C23H26F4N2O4/c1-2-3-4-21(31)33-28-22(23(25,26)27)15-5-7-17(19(24)13-15)18-14-16(6-8-20(18)30)29-9-11-32-12-10-29/h5-8,13-14,22,28,30H,2-4,9-12H2,1H3. The fraction of sp³-hybridized carbons (Fsp3) is 0.435. The molecule has 2 N–H and O–H groups in total. The number of nitrogens with zero attached hydrogens (tertiary/aromatic N) is 1. The number of carbonyl (C=O) groups excluding carboxylic acids is 1. The van der Waals surface area contributed by atoms with Crippen molar-refractivity contribution in [2.75, 3.05) is 31.2 Å². The molecule has 10 heteroatoms. The lowest BCUT2D eigenvalue weighted by Crippen LogP contribution is -2.36. The number of hydrogen-bond acceptors (Lipinski definition) is 6. The number of halogens is 4. The van der Waals surface area contributed by atoms with Crippen LogP contribution in [0.4, 0.5) is 23.2 Å². The molecule has 1 unspecified atom stereocenters. The second kappa shape index (κ2) is 10.8. The number of hydrogen-bond donors (Lipinski definition) is 2. The molecule has 0 amide bonds. The highest BCUT2D eigenvalue weighted by Crippen LogP contribution is 2.38. The van der Waals surface area contributed by atoms with Crippen molar-refractivity contribution in [2.24, 2.45) is 0 Å². The van der Waals surface area contributed by atoms with E-state index < -0.39 is 29.6 Å². The van der Waals surface area contributed by atoms with Crippen molar-refractivity contribution in [3.63, 3.8) is 0 Å². The lowest BCUT2D eigenvalue weighted by atomic mass is 9.98. The van der Waals surface area contributed by atoms with E-state index in [1.807, 2.05) is 11.8 Å². The molecule has 180 valence electrons. The highest BCUT2D eigenvalue weighted by molar-refractivity contribution is 5.75. The van der Waals surface area contributed by atoms with Crippen molar-refractivity contribution in [1.29, 1.82) is 0 Å². The minimum Gasteiger partial charge on any atom is -0.507 e. The molecule has 3 rings (SSSR count). The lowest BCUT2D eigenvalue weighted by molar-refractivity contribution is -0.192. The average Bonchev–Trinajstić information content (AvgIpc) is 2.78. The third-order valence-electron chi connectivity index (χ3n) is 5.33. The molecule has 1 atom stereocenters. The van der Waals surface area contributed by atoms with Crippen molar-refractivity contribution < 1.29 is 37.0 Å². The van der Waals surface area contributed by atoms with Gasteiger partial charge in [0.25, 0.3) is 0 Å². The van der Waals surface area contributed by atoms with Crippen molar-refractivity contribution in [3.05, 3.63) is 47.8 Å². The summed E-state index contributed by atoms with van der Waals surface area (Å²) in [7, 11) is 0. The number of aromatic hydroxyl groups is 1. The van der Waals surface area contributed by atoms with Gasteiger partial charge in [-0.15, -0.1) is 5.48 Å². The Labute approximate surface area is 189 Å². The van der Waals surface area contributed by atoms with E-state index in [9.17, 15) is 27.5 Å². The Morgan fingerprint density at radius 2 is 1.91 bits per heavy atom. The summed E-state index contributed by atoms with van der Waals surface area (Å²) in [5, 5.41) is 10.3. The Bertz CT molecular complexity index is 962. The average molecular weight is 470 g/mol. The SMILES string of the molecule is CCCCC(=O)ONC(c1ccc(-c2cc(N3CCOCC3)ccc2O)c(F)c1)C(F)(F)F. The fourth-order valence-corrected chi connectivity index (χ4v) is 3.51. The maximum atomic E-state index is 15.0. The summed E-state index contributed by atoms with van der Waals surface area (Å²) in [6.45, 7) is 4.16. The molecular formula is C23H26F4N2O4. The molecule has 2 aromatic rings. The molecular weight excluding hydrogens is 444 g/mol. The topological polar surface area (TPSA) is 71.0 Å². The largest absolute Gasteiger partial charge is 0.507 e. The summed E-state index contributed by atoms with van der Waals surface area (Å²) in [4.78, 5) is 18.2. The van der Waals surface area contributed by atoms with Crippen LogP contribution in [0.2, 0.25) is 0 Å². The molecule has 1 aliphatic rings. The fourth-order valence-electron chi connectivity index (χ4n) is 3.51.